The van der Waals surface area contributed by atoms with Crippen LogP contribution in [0.15, 0.2) is 24.3 Å². The van der Waals surface area contributed by atoms with E-state index in [-0.39, 0.29) is 12.7 Å². The zero-order valence-electron chi connectivity index (χ0n) is 8.16. The Kier molecular flexibility index (Phi) is 3.93. The molecule has 0 radical (unpaired) electrons. The highest BCUT2D eigenvalue weighted by Gasteiger charge is 2.01. The molecule has 0 heterocycles. The van der Waals surface area contributed by atoms with Crippen LogP contribution < -0.4 is 0 Å². The van der Waals surface area contributed by atoms with E-state index in [1.54, 1.807) is 7.11 Å². The highest BCUT2D eigenvalue weighted by atomic mass is 16.5. The van der Waals surface area contributed by atoms with E-state index in [4.69, 9.17) is 9.84 Å². The standard InChI is InChI=1S/C11H16O2/c1-9(13-2)6-10-4-3-5-11(7-10)8-12/h3-5,7,9,12H,6,8H2,1-2H3. The highest BCUT2D eigenvalue weighted by molar-refractivity contribution is 5.23. The Bertz CT molecular complexity index is 258. The van der Waals surface area contributed by atoms with Crippen LogP contribution in [0.5, 0.6) is 0 Å². The maximum atomic E-state index is 8.92. The van der Waals surface area contributed by atoms with Crippen LogP contribution in [0.25, 0.3) is 0 Å². The zero-order chi connectivity index (χ0) is 9.68. The molecule has 1 aromatic carbocycles. The van der Waals surface area contributed by atoms with E-state index < -0.39 is 0 Å². The molecule has 0 aliphatic rings. The van der Waals surface area contributed by atoms with Crippen molar-refractivity contribution in [2.75, 3.05) is 7.11 Å². The summed E-state index contributed by atoms with van der Waals surface area (Å²) in [6, 6.07) is 7.94. The maximum absolute atomic E-state index is 8.92. The lowest BCUT2D eigenvalue weighted by Gasteiger charge is -2.09. The molecule has 1 unspecified atom stereocenters. The minimum absolute atomic E-state index is 0.106. The molecule has 2 heteroatoms. The highest BCUT2D eigenvalue weighted by Crippen LogP contribution is 2.08. The number of aliphatic hydroxyl groups is 1. The molecule has 72 valence electrons. The zero-order valence-corrected chi connectivity index (χ0v) is 8.16. The summed E-state index contributed by atoms with van der Waals surface area (Å²) < 4.78 is 5.17. The first-order valence-electron chi connectivity index (χ1n) is 4.47. The fourth-order valence-corrected chi connectivity index (χ4v) is 1.27. The van der Waals surface area contributed by atoms with Gasteiger partial charge in [-0.3, -0.25) is 0 Å². The molecule has 0 amide bonds. The van der Waals surface area contributed by atoms with E-state index in [1.165, 1.54) is 5.56 Å². The predicted molar refractivity (Wildman–Crippen MR) is 52.5 cm³/mol. The Morgan fingerprint density at radius 3 is 2.69 bits per heavy atom. The van der Waals surface area contributed by atoms with E-state index in [1.807, 2.05) is 25.1 Å². The molecule has 2 nitrogen and oxygen atoms in total. The maximum Gasteiger partial charge on any atom is 0.0681 e. The van der Waals surface area contributed by atoms with Crippen molar-refractivity contribution in [3.8, 4) is 0 Å². The van der Waals surface area contributed by atoms with Gasteiger partial charge in [0.1, 0.15) is 0 Å². The number of ether oxygens (including phenoxy) is 1. The van der Waals surface area contributed by atoms with Gasteiger partial charge in [-0.25, -0.2) is 0 Å². The number of rotatable bonds is 4. The van der Waals surface area contributed by atoms with Crippen LogP contribution in [0.1, 0.15) is 18.1 Å². The van der Waals surface area contributed by atoms with E-state index >= 15 is 0 Å². The Labute approximate surface area is 79.2 Å². The Balaban J connectivity index is 2.66. The molecule has 1 rings (SSSR count). The van der Waals surface area contributed by atoms with Gasteiger partial charge in [-0.15, -0.1) is 0 Å². The van der Waals surface area contributed by atoms with Crippen molar-refractivity contribution < 1.29 is 9.84 Å². The van der Waals surface area contributed by atoms with Gasteiger partial charge in [0.15, 0.2) is 0 Å². The van der Waals surface area contributed by atoms with Crippen molar-refractivity contribution in [1.29, 1.82) is 0 Å². The summed E-state index contributed by atoms with van der Waals surface area (Å²) >= 11 is 0. The van der Waals surface area contributed by atoms with Crippen LogP contribution in [-0.4, -0.2) is 18.3 Å². The lowest BCUT2D eigenvalue weighted by molar-refractivity contribution is 0.119. The van der Waals surface area contributed by atoms with Crippen LogP contribution >= 0.6 is 0 Å². The Morgan fingerprint density at radius 2 is 2.08 bits per heavy atom. The first-order valence-corrected chi connectivity index (χ1v) is 4.47. The van der Waals surface area contributed by atoms with Crippen molar-refractivity contribution in [2.24, 2.45) is 0 Å². The molecule has 0 saturated carbocycles. The summed E-state index contributed by atoms with van der Waals surface area (Å²) in [5, 5.41) is 8.92. The summed E-state index contributed by atoms with van der Waals surface area (Å²) in [7, 11) is 1.71. The van der Waals surface area contributed by atoms with Gasteiger partial charge in [-0.05, 0) is 24.5 Å². The topological polar surface area (TPSA) is 29.5 Å². The number of hydrogen-bond acceptors (Lipinski definition) is 2. The summed E-state index contributed by atoms with van der Waals surface area (Å²) in [4.78, 5) is 0. The molecule has 0 saturated heterocycles. The van der Waals surface area contributed by atoms with Gasteiger partial charge in [0.05, 0.1) is 12.7 Å². The quantitative estimate of drug-likeness (QED) is 0.765. The minimum atomic E-state index is 0.106. The van der Waals surface area contributed by atoms with Crippen molar-refractivity contribution in [1.82, 2.24) is 0 Å². The molecule has 1 N–H and O–H groups in total. The number of aliphatic hydroxyl groups excluding tert-OH is 1. The molecule has 0 aliphatic heterocycles. The van der Waals surface area contributed by atoms with Crippen LogP contribution in [0.4, 0.5) is 0 Å². The molecule has 0 spiro atoms. The molecule has 0 aliphatic carbocycles. The molecule has 1 atom stereocenters. The molecule has 13 heavy (non-hydrogen) atoms. The fourth-order valence-electron chi connectivity index (χ4n) is 1.27. The van der Waals surface area contributed by atoms with Gasteiger partial charge in [-0.1, -0.05) is 24.3 Å². The van der Waals surface area contributed by atoms with Crippen molar-refractivity contribution >= 4 is 0 Å². The van der Waals surface area contributed by atoms with Crippen molar-refractivity contribution in [2.45, 2.75) is 26.1 Å². The third-order valence-corrected chi connectivity index (χ3v) is 2.10. The Morgan fingerprint density at radius 1 is 1.38 bits per heavy atom. The monoisotopic (exact) mass is 180 g/mol. The van der Waals surface area contributed by atoms with Crippen LogP contribution in [0, 0.1) is 0 Å². The third-order valence-electron chi connectivity index (χ3n) is 2.10. The van der Waals surface area contributed by atoms with Crippen LogP contribution in [0.2, 0.25) is 0 Å². The minimum Gasteiger partial charge on any atom is -0.392 e. The molecular weight excluding hydrogens is 164 g/mol. The first kappa shape index (κ1) is 10.2. The average Bonchev–Trinajstić information content (AvgIpc) is 2.18. The second-order valence-corrected chi connectivity index (χ2v) is 3.23. The van der Waals surface area contributed by atoms with Gasteiger partial charge in [0.25, 0.3) is 0 Å². The van der Waals surface area contributed by atoms with Gasteiger partial charge >= 0.3 is 0 Å². The molecular formula is C11H16O2. The first-order chi connectivity index (χ1) is 6.26. The summed E-state index contributed by atoms with van der Waals surface area (Å²) in [6.45, 7) is 2.14. The van der Waals surface area contributed by atoms with Crippen molar-refractivity contribution in [3.05, 3.63) is 35.4 Å². The molecule has 0 bridgehead atoms. The second-order valence-electron chi connectivity index (χ2n) is 3.23. The smallest absolute Gasteiger partial charge is 0.0681 e. The summed E-state index contributed by atoms with van der Waals surface area (Å²) in [6.07, 6.45) is 1.12. The second kappa shape index (κ2) is 5.00. The SMILES string of the molecule is COC(C)Cc1cccc(CO)c1. The average molecular weight is 180 g/mol. The third kappa shape index (κ3) is 3.17. The predicted octanol–water partition coefficient (Wildman–Crippen LogP) is 1.76. The van der Waals surface area contributed by atoms with E-state index in [2.05, 4.69) is 6.07 Å². The Hall–Kier alpha value is -0.860. The largest absolute Gasteiger partial charge is 0.392 e. The fraction of sp³-hybridized carbons (Fsp3) is 0.455. The number of methoxy groups -OCH3 is 1. The van der Waals surface area contributed by atoms with Gasteiger partial charge in [0, 0.05) is 7.11 Å². The van der Waals surface area contributed by atoms with Crippen LogP contribution in [-0.2, 0) is 17.8 Å². The van der Waals surface area contributed by atoms with Gasteiger partial charge in [0.2, 0.25) is 0 Å². The van der Waals surface area contributed by atoms with Crippen molar-refractivity contribution in [3.63, 3.8) is 0 Å². The van der Waals surface area contributed by atoms with Crippen LogP contribution in [0.3, 0.4) is 0 Å². The molecule has 1 aromatic rings. The summed E-state index contributed by atoms with van der Waals surface area (Å²) in [5.41, 5.74) is 2.17. The van der Waals surface area contributed by atoms with E-state index in [9.17, 15) is 0 Å². The van der Waals surface area contributed by atoms with Gasteiger partial charge in [-0.2, -0.15) is 0 Å². The lowest BCUT2D eigenvalue weighted by Crippen LogP contribution is -2.08. The number of hydrogen-bond donors (Lipinski definition) is 1. The van der Waals surface area contributed by atoms with E-state index in [0.29, 0.717) is 0 Å². The lowest BCUT2D eigenvalue weighted by atomic mass is 10.1. The molecule has 0 fully saturated rings. The normalized spacial score (nSPS) is 12.8. The molecule has 0 aromatic heterocycles. The van der Waals surface area contributed by atoms with Gasteiger partial charge < -0.3 is 9.84 Å². The number of benzene rings is 1. The van der Waals surface area contributed by atoms with E-state index in [0.717, 1.165) is 12.0 Å². The summed E-state index contributed by atoms with van der Waals surface area (Å²) in [5.74, 6) is 0.